The van der Waals surface area contributed by atoms with Gasteiger partial charge < -0.3 is 10.4 Å². The monoisotopic (exact) mass is 235 g/mol. The summed E-state index contributed by atoms with van der Waals surface area (Å²) < 4.78 is 22.4. The van der Waals surface area contributed by atoms with Crippen LogP contribution in [-0.2, 0) is 9.84 Å². The molecule has 0 aromatic carbocycles. The third-order valence-corrected chi connectivity index (χ3v) is 4.71. The highest BCUT2D eigenvalue weighted by Crippen LogP contribution is 2.13. The minimum atomic E-state index is -2.76. The smallest absolute Gasteiger partial charge is 0.150 e. The molecule has 1 atom stereocenters. The SMILES string of the molecule is CCC(CCO)NC1CCS(=O)(=O)CC1. The summed E-state index contributed by atoms with van der Waals surface area (Å²) in [6.45, 7) is 2.27. The van der Waals surface area contributed by atoms with E-state index in [4.69, 9.17) is 5.11 Å². The largest absolute Gasteiger partial charge is 0.396 e. The molecule has 0 bridgehead atoms. The van der Waals surface area contributed by atoms with Gasteiger partial charge >= 0.3 is 0 Å². The summed E-state index contributed by atoms with van der Waals surface area (Å²) in [6, 6.07) is 0.630. The summed E-state index contributed by atoms with van der Waals surface area (Å²) in [4.78, 5) is 0. The van der Waals surface area contributed by atoms with Gasteiger partial charge in [-0.15, -0.1) is 0 Å². The number of sulfone groups is 1. The van der Waals surface area contributed by atoms with Crippen LogP contribution in [0.3, 0.4) is 0 Å². The predicted octanol–water partition coefficient (Wildman–Crippen LogP) is 0.314. The standard InChI is InChI=1S/C10H21NO3S/c1-2-9(3-6-12)11-10-4-7-15(13,14)8-5-10/h9-12H,2-8H2,1H3. The molecule has 0 aromatic rings. The van der Waals surface area contributed by atoms with Gasteiger partial charge in [-0.05, 0) is 25.7 Å². The Labute approximate surface area is 92.0 Å². The number of hydrogen-bond acceptors (Lipinski definition) is 4. The van der Waals surface area contributed by atoms with Crippen LogP contribution in [0.4, 0.5) is 0 Å². The van der Waals surface area contributed by atoms with E-state index in [9.17, 15) is 8.42 Å². The topological polar surface area (TPSA) is 66.4 Å². The van der Waals surface area contributed by atoms with E-state index in [0.29, 0.717) is 36.4 Å². The molecule has 1 aliphatic heterocycles. The highest BCUT2D eigenvalue weighted by atomic mass is 32.2. The Morgan fingerprint density at radius 1 is 1.40 bits per heavy atom. The third kappa shape index (κ3) is 4.49. The molecule has 1 fully saturated rings. The average molecular weight is 235 g/mol. The Morgan fingerprint density at radius 3 is 2.47 bits per heavy atom. The number of rotatable bonds is 5. The summed E-state index contributed by atoms with van der Waals surface area (Å²) in [7, 11) is -2.76. The van der Waals surface area contributed by atoms with Crippen molar-refractivity contribution in [3.05, 3.63) is 0 Å². The molecule has 1 unspecified atom stereocenters. The zero-order valence-corrected chi connectivity index (χ0v) is 10.1. The molecule has 1 aliphatic rings. The first kappa shape index (κ1) is 12.9. The van der Waals surface area contributed by atoms with Crippen LogP contribution in [0.1, 0.15) is 32.6 Å². The van der Waals surface area contributed by atoms with E-state index in [-0.39, 0.29) is 6.61 Å². The van der Waals surface area contributed by atoms with E-state index in [2.05, 4.69) is 12.2 Å². The van der Waals surface area contributed by atoms with E-state index in [1.807, 2.05) is 0 Å². The van der Waals surface area contributed by atoms with E-state index in [1.54, 1.807) is 0 Å². The summed E-state index contributed by atoms with van der Waals surface area (Å²) >= 11 is 0. The lowest BCUT2D eigenvalue weighted by Crippen LogP contribution is -2.43. The van der Waals surface area contributed by atoms with E-state index in [1.165, 1.54) is 0 Å². The first-order valence-electron chi connectivity index (χ1n) is 5.64. The summed E-state index contributed by atoms with van der Waals surface area (Å²) in [5.41, 5.74) is 0. The molecular weight excluding hydrogens is 214 g/mol. The van der Waals surface area contributed by atoms with Crippen LogP contribution >= 0.6 is 0 Å². The number of hydrogen-bond donors (Lipinski definition) is 2. The third-order valence-electron chi connectivity index (χ3n) is 3.00. The molecule has 1 heterocycles. The van der Waals surface area contributed by atoms with Crippen molar-refractivity contribution in [2.24, 2.45) is 0 Å². The van der Waals surface area contributed by atoms with Gasteiger partial charge in [-0.25, -0.2) is 8.42 Å². The molecule has 0 aromatic heterocycles. The number of aliphatic hydroxyl groups is 1. The Bertz CT molecular complexity index is 262. The van der Waals surface area contributed by atoms with Crippen molar-refractivity contribution in [1.29, 1.82) is 0 Å². The van der Waals surface area contributed by atoms with Gasteiger partial charge in [0.05, 0.1) is 11.5 Å². The molecule has 0 amide bonds. The average Bonchev–Trinajstić information content (AvgIpc) is 2.20. The Morgan fingerprint density at radius 2 is 2.00 bits per heavy atom. The molecule has 4 nitrogen and oxygen atoms in total. The fraction of sp³-hybridized carbons (Fsp3) is 1.00. The number of aliphatic hydroxyl groups excluding tert-OH is 1. The first-order valence-corrected chi connectivity index (χ1v) is 7.47. The second kappa shape index (κ2) is 5.82. The van der Waals surface area contributed by atoms with Gasteiger partial charge in [0.25, 0.3) is 0 Å². The van der Waals surface area contributed by atoms with Crippen LogP contribution in [0.15, 0.2) is 0 Å². The van der Waals surface area contributed by atoms with Crippen LogP contribution in [0.5, 0.6) is 0 Å². The lowest BCUT2D eigenvalue weighted by atomic mass is 10.1. The quantitative estimate of drug-likeness (QED) is 0.720. The van der Waals surface area contributed by atoms with Gasteiger partial charge in [0.2, 0.25) is 0 Å². The van der Waals surface area contributed by atoms with Gasteiger partial charge in [0.1, 0.15) is 9.84 Å². The van der Waals surface area contributed by atoms with Crippen LogP contribution in [0, 0.1) is 0 Å². The lowest BCUT2D eigenvalue weighted by molar-refractivity contribution is 0.252. The second-order valence-electron chi connectivity index (χ2n) is 4.21. The van der Waals surface area contributed by atoms with Crippen LogP contribution in [-0.4, -0.2) is 43.7 Å². The first-order chi connectivity index (χ1) is 7.07. The Balaban J connectivity index is 2.34. The van der Waals surface area contributed by atoms with Gasteiger partial charge in [-0.3, -0.25) is 0 Å². The molecule has 1 rings (SSSR count). The molecule has 90 valence electrons. The zero-order valence-electron chi connectivity index (χ0n) is 9.28. The van der Waals surface area contributed by atoms with Crippen molar-refractivity contribution < 1.29 is 13.5 Å². The fourth-order valence-corrected chi connectivity index (χ4v) is 3.44. The molecule has 5 heteroatoms. The highest BCUT2D eigenvalue weighted by molar-refractivity contribution is 7.91. The minimum absolute atomic E-state index is 0.191. The number of nitrogens with one attached hydrogen (secondary N) is 1. The molecule has 0 radical (unpaired) electrons. The maximum Gasteiger partial charge on any atom is 0.150 e. The van der Waals surface area contributed by atoms with Gasteiger partial charge in [0, 0.05) is 18.7 Å². The Hall–Kier alpha value is -0.130. The highest BCUT2D eigenvalue weighted by Gasteiger charge is 2.24. The minimum Gasteiger partial charge on any atom is -0.396 e. The lowest BCUT2D eigenvalue weighted by Gasteiger charge is -2.27. The fourth-order valence-electron chi connectivity index (χ4n) is 1.95. The molecule has 2 N–H and O–H groups in total. The van der Waals surface area contributed by atoms with Crippen molar-refractivity contribution in [1.82, 2.24) is 5.32 Å². The molecule has 1 saturated heterocycles. The van der Waals surface area contributed by atoms with E-state index in [0.717, 1.165) is 12.8 Å². The normalized spacial score (nSPS) is 23.9. The van der Waals surface area contributed by atoms with Gasteiger partial charge in [0.15, 0.2) is 0 Å². The van der Waals surface area contributed by atoms with Crippen LogP contribution in [0.2, 0.25) is 0 Å². The molecule has 0 spiro atoms. The van der Waals surface area contributed by atoms with E-state index < -0.39 is 9.84 Å². The summed E-state index contributed by atoms with van der Waals surface area (Å²) in [5.74, 6) is 0.612. The van der Waals surface area contributed by atoms with Gasteiger partial charge in [-0.1, -0.05) is 6.92 Å². The van der Waals surface area contributed by atoms with Crippen molar-refractivity contribution in [3.8, 4) is 0 Å². The molecular formula is C10H21NO3S. The van der Waals surface area contributed by atoms with Crippen molar-refractivity contribution in [2.75, 3.05) is 18.1 Å². The van der Waals surface area contributed by atoms with Gasteiger partial charge in [-0.2, -0.15) is 0 Å². The maximum absolute atomic E-state index is 11.2. The summed E-state index contributed by atoms with van der Waals surface area (Å²) in [5, 5.41) is 12.3. The second-order valence-corrected chi connectivity index (χ2v) is 6.51. The molecule has 0 aliphatic carbocycles. The summed E-state index contributed by atoms with van der Waals surface area (Å²) in [6.07, 6.45) is 3.15. The predicted molar refractivity (Wildman–Crippen MR) is 60.6 cm³/mol. The van der Waals surface area contributed by atoms with Crippen molar-refractivity contribution in [3.63, 3.8) is 0 Å². The van der Waals surface area contributed by atoms with Crippen LogP contribution < -0.4 is 5.32 Å². The molecule has 15 heavy (non-hydrogen) atoms. The van der Waals surface area contributed by atoms with Crippen molar-refractivity contribution >= 4 is 9.84 Å². The van der Waals surface area contributed by atoms with Crippen LogP contribution in [0.25, 0.3) is 0 Å². The van der Waals surface area contributed by atoms with E-state index >= 15 is 0 Å². The molecule has 0 saturated carbocycles. The maximum atomic E-state index is 11.2. The van der Waals surface area contributed by atoms with Crippen molar-refractivity contribution in [2.45, 2.75) is 44.7 Å². The Kier molecular flexibility index (Phi) is 5.02. The zero-order chi connectivity index (χ0) is 11.3.